The van der Waals surface area contributed by atoms with Gasteiger partial charge in [0.2, 0.25) is 0 Å². The van der Waals surface area contributed by atoms with E-state index in [1.165, 1.54) is 12.1 Å². The largest absolute Gasteiger partial charge is 0.312 e. The van der Waals surface area contributed by atoms with Gasteiger partial charge in [0, 0.05) is 6.04 Å². The van der Waals surface area contributed by atoms with Crippen molar-refractivity contribution < 1.29 is 12.8 Å². The molecule has 0 bridgehead atoms. The van der Waals surface area contributed by atoms with Crippen LogP contribution in [0.1, 0.15) is 17.2 Å². The molecule has 3 nitrogen and oxygen atoms in total. The quantitative estimate of drug-likeness (QED) is 0.864. The Morgan fingerprint density at radius 1 is 1.05 bits per heavy atom. The van der Waals surface area contributed by atoms with Crippen LogP contribution in [0.5, 0.6) is 0 Å². The van der Waals surface area contributed by atoms with Gasteiger partial charge >= 0.3 is 0 Å². The van der Waals surface area contributed by atoms with Gasteiger partial charge in [0.1, 0.15) is 5.82 Å². The number of sulfone groups is 1. The van der Waals surface area contributed by atoms with Gasteiger partial charge in [0.05, 0.1) is 10.6 Å². The lowest BCUT2D eigenvalue weighted by Crippen LogP contribution is -2.25. The monoisotopic (exact) mass is 307 g/mol. The highest BCUT2D eigenvalue weighted by molar-refractivity contribution is 7.91. The van der Waals surface area contributed by atoms with Crippen LogP contribution in [0.4, 0.5) is 4.39 Å². The highest BCUT2D eigenvalue weighted by Crippen LogP contribution is 2.20. The third-order valence-corrected chi connectivity index (χ3v) is 5.15. The first-order valence-corrected chi connectivity index (χ1v) is 8.30. The third-order valence-electron chi connectivity index (χ3n) is 3.39. The van der Waals surface area contributed by atoms with Crippen molar-refractivity contribution in [3.63, 3.8) is 0 Å². The first-order valence-electron chi connectivity index (χ1n) is 6.64. The Balaban J connectivity index is 2.24. The Labute approximate surface area is 124 Å². The number of benzene rings is 2. The molecular formula is C16H18FNO2S. The minimum Gasteiger partial charge on any atom is -0.312 e. The fraction of sp³-hybridized carbons (Fsp3) is 0.250. The van der Waals surface area contributed by atoms with Crippen LogP contribution < -0.4 is 5.32 Å². The van der Waals surface area contributed by atoms with E-state index in [1.807, 2.05) is 31.2 Å². The maximum atomic E-state index is 12.9. The molecule has 0 radical (unpaired) electrons. The number of hydrogen-bond acceptors (Lipinski definition) is 3. The predicted octanol–water partition coefficient (Wildman–Crippen LogP) is 2.87. The van der Waals surface area contributed by atoms with E-state index in [4.69, 9.17) is 0 Å². The summed E-state index contributed by atoms with van der Waals surface area (Å²) in [5, 5.41) is 3.02. The lowest BCUT2D eigenvalue weighted by Gasteiger charge is -2.17. The Hall–Kier alpha value is -1.72. The van der Waals surface area contributed by atoms with Gasteiger partial charge in [-0.2, -0.15) is 0 Å². The van der Waals surface area contributed by atoms with E-state index in [2.05, 4.69) is 5.32 Å². The van der Waals surface area contributed by atoms with Crippen molar-refractivity contribution in [2.24, 2.45) is 0 Å². The highest BCUT2D eigenvalue weighted by Gasteiger charge is 2.21. The predicted molar refractivity (Wildman–Crippen MR) is 81.4 cm³/mol. The molecule has 5 heteroatoms. The Kier molecular flexibility index (Phi) is 4.75. The summed E-state index contributed by atoms with van der Waals surface area (Å²) in [6.45, 7) is 1.98. The molecule has 0 saturated carbocycles. The van der Waals surface area contributed by atoms with Gasteiger partial charge in [-0.05, 0) is 43.8 Å². The van der Waals surface area contributed by atoms with Gasteiger partial charge in [0.15, 0.2) is 9.84 Å². The van der Waals surface area contributed by atoms with Crippen LogP contribution >= 0.6 is 0 Å². The van der Waals surface area contributed by atoms with E-state index in [0.29, 0.717) is 0 Å². The molecule has 1 atom stereocenters. The average Bonchev–Trinajstić information content (AvgIpc) is 2.46. The second-order valence-electron chi connectivity index (χ2n) is 4.99. The zero-order valence-corrected chi connectivity index (χ0v) is 12.8. The number of hydrogen-bond donors (Lipinski definition) is 1. The maximum Gasteiger partial charge on any atom is 0.180 e. The first-order chi connectivity index (χ1) is 9.92. The minimum absolute atomic E-state index is 0.0712. The fourth-order valence-electron chi connectivity index (χ4n) is 2.10. The summed E-state index contributed by atoms with van der Waals surface area (Å²) in [4.78, 5) is 0.135. The van der Waals surface area contributed by atoms with Crippen molar-refractivity contribution in [1.82, 2.24) is 5.32 Å². The van der Waals surface area contributed by atoms with Crippen LogP contribution in [-0.2, 0) is 9.84 Å². The molecule has 1 unspecified atom stereocenters. The van der Waals surface area contributed by atoms with Crippen LogP contribution in [-0.4, -0.2) is 21.2 Å². The molecule has 112 valence electrons. The van der Waals surface area contributed by atoms with E-state index in [0.717, 1.165) is 23.3 Å². The molecule has 0 heterocycles. The van der Waals surface area contributed by atoms with Gasteiger partial charge in [0.25, 0.3) is 0 Å². The van der Waals surface area contributed by atoms with Gasteiger partial charge < -0.3 is 5.32 Å². The number of nitrogens with one attached hydrogen (secondary N) is 1. The van der Waals surface area contributed by atoms with Crippen LogP contribution in [0.3, 0.4) is 0 Å². The molecule has 21 heavy (non-hydrogen) atoms. The van der Waals surface area contributed by atoms with Crippen molar-refractivity contribution in [3.05, 3.63) is 65.5 Å². The van der Waals surface area contributed by atoms with E-state index in [1.54, 1.807) is 7.05 Å². The number of halogens is 1. The first kappa shape index (κ1) is 15.7. The van der Waals surface area contributed by atoms with Gasteiger partial charge in [-0.3, -0.25) is 0 Å². The summed E-state index contributed by atoms with van der Waals surface area (Å²) >= 11 is 0. The molecule has 0 saturated heterocycles. The standard InChI is InChI=1S/C16H18FNO2S/c1-12-3-5-13(6-4-12)16(18-2)11-21(19,20)15-9-7-14(17)8-10-15/h3-10,16,18H,11H2,1-2H3. The molecular weight excluding hydrogens is 289 g/mol. The molecule has 2 aromatic rings. The van der Waals surface area contributed by atoms with E-state index >= 15 is 0 Å². The van der Waals surface area contributed by atoms with Crippen molar-refractivity contribution in [1.29, 1.82) is 0 Å². The van der Waals surface area contributed by atoms with Crippen LogP contribution in [0.25, 0.3) is 0 Å². The molecule has 2 rings (SSSR count). The Morgan fingerprint density at radius 3 is 2.14 bits per heavy atom. The highest BCUT2D eigenvalue weighted by atomic mass is 32.2. The van der Waals surface area contributed by atoms with Crippen LogP contribution in [0, 0.1) is 12.7 Å². The average molecular weight is 307 g/mol. The topological polar surface area (TPSA) is 46.2 Å². The zero-order chi connectivity index (χ0) is 15.5. The summed E-state index contributed by atoms with van der Waals surface area (Å²) in [6.07, 6.45) is 0. The normalized spacial score (nSPS) is 13.1. The van der Waals surface area contributed by atoms with Gasteiger partial charge in [-0.15, -0.1) is 0 Å². The van der Waals surface area contributed by atoms with E-state index in [-0.39, 0.29) is 16.7 Å². The minimum atomic E-state index is -3.48. The lowest BCUT2D eigenvalue weighted by molar-refractivity contribution is 0.573. The molecule has 0 aromatic heterocycles. The Morgan fingerprint density at radius 2 is 1.62 bits per heavy atom. The summed E-state index contributed by atoms with van der Waals surface area (Å²) in [6, 6.07) is 12.3. The maximum absolute atomic E-state index is 12.9. The van der Waals surface area contributed by atoms with Crippen LogP contribution in [0.2, 0.25) is 0 Å². The summed E-state index contributed by atoms with van der Waals surface area (Å²) in [5.74, 6) is -0.518. The van der Waals surface area contributed by atoms with Crippen molar-refractivity contribution in [3.8, 4) is 0 Å². The molecule has 0 fully saturated rings. The van der Waals surface area contributed by atoms with Crippen molar-refractivity contribution >= 4 is 9.84 Å². The zero-order valence-electron chi connectivity index (χ0n) is 12.0. The third kappa shape index (κ3) is 3.89. The summed E-state index contributed by atoms with van der Waals surface area (Å²) < 4.78 is 37.7. The lowest BCUT2D eigenvalue weighted by atomic mass is 10.1. The second kappa shape index (κ2) is 6.37. The molecule has 0 aliphatic heterocycles. The molecule has 0 spiro atoms. The number of aryl methyl sites for hydroxylation is 1. The molecule has 0 aliphatic rings. The summed E-state index contributed by atoms with van der Waals surface area (Å²) in [5.41, 5.74) is 2.03. The van der Waals surface area contributed by atoms with E-state index in [9.17, 15) is 12.8 Å². The van der Waals surface area contributed by atoms with Gasteiger partial charge in [-0.1, -0.05) is 29.8 Å². The van der Waals surface area contributed by atoms with Gasteiger partial charge in [-0.25, -0.2) is 12.8 Å². The van der Waals surface area contributed by atoms with Crippen LogP contribution in [0.15, 0.2) is 53.4 Å². The molecule has 2 aromatic carbocycles. The fourth-order valence-corrected chi connectivity index (χ4v) is 3.64. The summed E-state index contributed by atoms with van der Waals surface area (Å²) in [7, 11) is -1.75. The smallest absolute Gasteiger partial charge is 0.180 e. The molecule has 1 N–H and O–H groups in total. The van der Waals surface area contributed by atoms with Crippen molar-refractivity contribution in [2.45, 2.75) is 17.9 Å². The SMILES string of the molecule is CNC(CS(=O)(=O)c1ccc(F)cc1)c1ccc(C)cc1. The van der Waals surface area contributed by atoms with Crippen molar-refractivity contribution in [2.75, 3.05) is 12.8 Å². The van der Waals surface area contributed by atoms with E-state index < -0.39 is 15.7 Å². The molecule has 0 aliphatic carbocycles. The molecule has 0 amide bonds. The Bertz CT molecular complexity index is 694. The second-order valence-corrected chi connectivity index (χ2v) is 7.02. The number of rotatable bonds is 5.